The molecule has 0 saturated heterocycles. The van der Waals surface area contributed by atoms with Crippen molar-refractivity contribution in [1.29, 1.82) is 0 Å². The molecule has 4 aliphatic carbocycles. The second-order valence-corrected chi connectivity index (χ2v) is 5.79. The number of fused-ring (bicyclic) bond motifs is 2. The van der Waals surface area contributed by atoms with Gasteiger partial charge in [-0.05, 0) is 22.3 Å². The topological polar surface area (TPSA) is 0 Å². The summed E-state index contributed by atoms with van der Waals surface area (Å²) in [7, 11) is 0. The predicted octanol–water partition coefficient (Wildman–Crippen LogP) is 5.66. The van der Waals surface area contributed by atoms with E-state index in [9.17, 15) is 0 Å². The Morgan fingerprint density at radius 1 is 0.500 bits per heavy atom. The molecule has 0 aromatic heterocycles. The van der Waals surface area contributed by atoms with Crippen molar-refractivity contribution in [1.82, 2.24) is 0 Å². The molecule has 0 saturated carbocycles. The molecule has 0 N–H and O–H groups in total. The molecule has 104 valence electrons. The maximum absolute atomic E-state index is 5.82. The molecule has 4 rings (SSSR count). The van der Waals surface area contributed by atoms with E-state index in [-0.39, 0.29) is 0 Å². The zero-order valence-corrected chi connectivity index (χ0v) is 12.8. The number of hydrogen-bond acceptors (Lipinski definition) is 1. The number of thiocarbonyl (C=S) groups is 1. The average molecular weight is 298 g/mol. The van der Waals surface area contributed by atoms with Crippen molar-refractivity contribution in [3.63, 3.8) is 0 Å². The Hall–Kier alpha value is -2.51. The fourth-order valence-corrected chi connectivity index (χ4v) is 3.33. The number of hydrogen-bond donors (Lipinski definition) is 0. The molecule has 0 bridgehead atoms. The van der Waals surface area contributed by atoms with Crippen LogP contribution in [0.1, 0.15) is 11.1 Å². The summed E-state index contributed by atoms with van der Waals surface area (Å²) in [4.78, 5) is 0.919. The summed E-state index contributed by atoms with van der Waals surface area (Å²) in [5.41, 5.74) is 7.15. The average Bonchev–Trinajstić information content (AvgIpc) is 2.93. The van der Waals surface area contributed by atoms with Crippen molar-refractivity contribution in [2.24, 2.45) is 0 Å². The van der Waals surface area contributed by atoms with Gasteiger partial charge in [0.2, 0.25) is 0 Å². The Balaban J connectivity index is 1.85. The highest BCUT2D eigenvalue weighted by molar-refractivity contribution is 7.81. The van der Waals surface area contributed by atoms with Crippen LogP contribution in [0.5, 0.6) is 0 Å². The molecule has 22 heavy (non-hydrogen) atoms. The van der Waals surface area contributed by atoms with Gasteiger partial charge in [-0.15, -0.1) is 0 Å². The van der Waals surface area contributed by atoms with Crippen LogP contribution in [-0.4, -0.2) is 4.86 Å². The van der Waals surface area contributed by atoms with Crippen LogP contribution in [0.3, 0.4) is 0 Å². The molecule has 0 fully saturated rings. The standard InChI is InChI=1S/C21H14S/c22-21(19-13-11-15-7-3-1-5-9-17(15)19)20-14-12-16-8-4-2-6-10-18(16)20/h1-14H. The van der Waals surface area contributed by atoms with Crippen LogP contribution in [0.15, 0.2) is 84.9 Å². The molecular weight excluding hydrogens is 284 g/mol. The van der Waals surface area contributed by atoms with Crippen molar-refractivity contribution in [2.75, 3.05) is 0 Å². The molecule has 0 spiro atoms. The molecule has 0 aromatic rings. The first-order valence-electron chi connectivity index (χ1n) is 7.35. The van der Waals surface area contributed by atoms with Gasteiger partial charge in [0.05, 0.1) is 4.86 Å². The van der Waals surface area contributed by atoms with Crippen LogP contribution in [0.4, 0.5) is 0 Å². The molecule has 1 heteroatoms. The quantitative estimate of drug-likeness (QED) is 0.340. The predicted molar refractivity (Wildman–Crippen MR) is 96.9 cm³/mol. The van der Waals surface area contributed by atoms with Crippen LogP contribution >= 0.6 is 12.2 Å². The largest absolute Gasteiger partial charge is 0.0787 e. The van der Waals surface area contributed by atoms with Crippen LogP contribution in [0.2, 0.25) is 0 Å². The van der Waals surface area contributed by atoms with E-state index in [2.05, 4.69) is 72.8 Å². The van der Waals surface area contributed by atoms with Gasteiger partial charge in [0.25, 0.3) is 0 Å². The van der Waals surface area contributed by atoms with Crippen LogP contribution < -0.4 is 0 Å². The van der Waals surface area contributed by atoms with Crippen molar-refractivity contribution in [2.45, 2.75) is 0 Å². The van der Waals surface area contributed by atoms with Crippen LogP contribution in [0, 0.1) is 0 Å². The van der Waals surface area contributed by atoms with Gasteiger partial charge in [-0.3, -0.25) is 0 Å². The first kappa shape index (κ1) is 13.2. The number of rotatable bonds is 2. The second-order valence-electron chi connectivity index (χ2n) is 5.38. The zero-order chi connectivity index (χ0) is 14.9. The maximum atomic E-state index is 5.82. The van der Waals surface area contributed by atoms with Crippen molar-refractivity contribution < 1.29 is 0 Å². The zero-order valence-electron chi connectivity index (χ0n) is 12.0. The molecule has 0 heterocycles. The van der Waals surface area contributed by atoms with E-state index in [1.807, 2.05) is 12.1 Å². The highest BCUT2D eigenvalue weighted by Crippen LogP contribution is 2.34. The summed E-state index contributed by atoms with van der Waals surface area (Å²) < 4.78 is 0. The molecule has 0 unspecified atom stereocenters. The maximum Gasteiger partial charge on any atom is 0.0534 e. The van der Waals surface area contributed by atoms with Crippen LogP contribution in [0.25, 0.3) is 22.3 Å². The van der Waals surface area contributed by atoms with Gasteiger partial charge in [-0.2, -0.15) is 0 Å². The van der Waals surface area contributed by atoms with E-state index in [1.165, 1.54) is 22.3 Å². The van der Waals surface area contributed by atoms with E-state index in [4.69, 9.17) is 12.2 Å². The molecule has 0 atom stereocenters. The molecule has 0 nitrogen and oxygen atoms in total. The first-order valence-corrected chi connectivity index (χ1v) is 7.76. The normalized spacial score (nSPS) is 10.9. The Bertz CT molecular complexity index is 832. The third-order valence-corrected chi connectivity index (χ3v) is 4.51. The minimum Gasteiger partial charge on any atom is -0.0787 e. The van der Waals surface area contributed by atoms with Crippen molar-refractivity contribution >= 4 is 17.1 Å². The van der Waals surface area contributed by atoms with Gasteiger partial charge in [-0.1, -0.05) is 97.1 Å². The summed E-state index contributed by atoms with van der Waals surface area (Å²) in [6, 6.07) is 29.4. The SMILES string of the molecule is S=C(c1ccc2cccccc1-2)c1ccc2cccccc1-2. The molecule has 0 radical (unpaired) electrons. The van der Waals surface area contributed by atoms with Gasteiger partial charge in [0, 0.05) is 11.1 Å². The third-order valence-electron chi connectivity index (χ3n) is 4.07. The fraction of sp³-hybridized carbons (Fsp3) is 0. The van der Waals surface area contributed by atoms with E-state index >= 15 is 0 Å². The summed E-state index contributed by atoms with van der Waals surface area (Å²) >= 11 is 5.82. The Kier molecular flexibility index (Phi) is 3.21. The van der Waals surface area contributed by atoms with Gasteiger partial charge >= 0.3 is 0 Å². The Labute approximate surface area is 135 Å². The van der Waals surface area contributed by atoms with Gasteiger partial charge in [-0.25, -0.2) is 0 Å². The monoisotopic (exact) mass is 298 g/mol. The van der Waals surface area contributed by atoms with E-state index in [1.54, 1.807) is 0 Å². The smallest absolute Gasteiger partial charge is 0.0534 e. The van der Waals surface area contributed by atoms with Gasteiger partial charge < -0.3 is 0 Å². The third kappa shape index (κ3) is 2.11. The minimum absolute atomic E-state index is 0.919. The molecular formula is C21H14S. The lowest BCUT2D eigenvalue weighted by molar-refractivity contribution is 1.75. The van der Waals surface area contributed by atoms with Gasteiger partial charge in [0.1, 0.15) is 0 Å². The van der Waals surface area contributed by atoms with E-state index < -0.39 is 0 Å². The molecule has 0 aliphatic heterocycles. The highest BCUT2D eigenvalue weighted by atomic mass is 32.1. The minimum atomic E-state index is 0.919. The van der Waals surface area contributed by atoms with E-state index in [0.717, 1.165) is 16.0 Å². The Morgan fingerprint density at radius 3 is 1.45 bits per heavy atom. The molecule has 0 aromatic carbocycles. The van der Waals surface area contributed by atoms with E-state index in [0.29, 0.717) is 0 Å². The second kappa shape index (κ2) is 5.36. The summed E-state index contributed by atoms with van der Waals surface area (Å²) in [5.74, 6) is 0. The lowest BCUT2D eigenvalue weighted by Crippen LogP contribution is -1.98. The van der Waals surface area contributed by atoms with Gasteiger partial charge in [0.15, 0.2) is 0 Å². The summed E-state index contributed by atoms with van der Waals surface area (Å²) in [6.07, 6.45) is 0. The molecule has 4 aliphatic rings. The first-order chi connectivity index (χ1) is 10.8. The highest BCUT2D eigenvalue weighted by Gasteiger charge is 2.17. The van der Waals surface area contributed by atoms with Crippen molar-refractivity contribution in [3.8, 4) is 22.3 Å². The Morgan fingerprint density at radius 2 is 0.955 bits per heavy atom. The lowest BCUT2D eigenvalue weighted by atomic mass is 10.00. The van der Waals surface area contributed by atoms with Crippen LogP contribution in [-0.2, 0) is 0 Å². The fourth-order valence-electron chi connectivity index (χ4n) is 2.97. The lowest BCUT2D eigenvalue weighted by Gasteiger charge is -2.06. The summed E-state index contributed by atoms with van der Waals surface area (Å²) in [5, 5.41) is 0. The molecule has 0 amide bonds. The summed E-state index contributed by atoms with van der Waals surface area (Å²) in [6.45, 7) is 0. The van der Waals surface area contributed by atoms with Crippen molar-refractivity contribution in [3.05, 3.63) is 96.1 Å².